The summed E-state index contributed by atoms with van der Waals surface area (Å²) < 4.78 is 5.12. The molecule has 1 atom stereocenters. The van der Waals surface area contributed by atoms with Crippen LogP contribution in [-0.2, 0) is 9.59 Å². The number of rotatable bonds is 9. The summed E-state index contributed by atoms with van der Waals surface area (Å²) in [5, 5.41) is 14.5. The van der Waals surface area contributed by atoms with Gasteiger partial charge in [0.05, 0.1) is 19.2 Å². The van der Waals surface area contributed by atoms with Gasteiger partial charge in [0.15, 0.2) is 0 Å². The van der Waals surface area contributed by atoms with Crippen molar-refractivity contribution in [2.24, 2.45) is 5.73 Å². The largest absolute Gasteiger partial charge is 0.495 e. The SMILES string of the molecule is COc1ccccc1NC(=O)C[C@@H](NCCCN)C(=O)O. The van der Waals surface area contributed by atoms with E-state index in [4.69, 9.17) is 15.6 Å². The van der Waals surface area contributed by atoms with Gasteiger partial charge < -0.3 is 26.2 Å². The molecule has 0 fully saturated rings. The third-order valence-corrected chi connectivity index (χ3v) is 2.84. The summed E-state index contributed by atoms with van der Waals surface area (Å²) in [5.41, 5.74) is 5.86. The topological polar surface area (TPSA) is 114 Å². The highest BCUT2D eigenvalue weighted by atomic mass is 16.5. The van der Waals surface area contributed by atoms with Crippen LogP contribution < -0.4 is 21.1 Å². The molecule has 1 rings (SSSR count). The molecule has 0 saturated heterocycles. The van der Waals surface area contributed by atoms with Crippen LogP contribution in [0.5, 0.6) is 5.75 Å². The standard InChI is InChI=1S/C14H21N3O4/c1-21-12-6-3-2-5-10(12)17-13(18)9-11(14(19)20)16-8-4-7-15/h2-3,5-6,11,16H,4,7-9,15H2,1H3,(H,17,18)(H,19,20)/t11-/m1/s1. The Bertz CT molecular complexity index is 479. The van der Waals surface area contributed by atoms with Gasteiger partial charge in [0.25, 0.3) is 0 Å². The molecule has 0 bridgehead atoms. The Hall–Kier alpha value is -2.12. The van der Waals surface area contributed by atoms with E-state index in [1.54, 1.807) is 24.3 Å². The van der Waals surface area contributed by atoms with Crippen LogP contribution in [0.3, 0.4) is 0 Å². The van der Waals surface area contributed by atoms with E-state index in [-0.39, 0.29) is 6.42 Å². The van der Waals surface area contributed by atoms with E-state index in [0.717, 1.165) is 0 Å². The number of methoxy groups -OCH3 is 1. The van der Waals surface area contributed by atoms with E-state index in [2.05, 4.69) is 10.6 Å². The van der Waals surface area contributed by atoms with E-state index < -0.39 is 17.9 Å². The van der Waals surface area contributed by atoms with Gasteiger partial charge in [-0.1, -0.05) is 12.1 Å². The molecule has 1 aromatic rings. The number of nitrogens with one attached hydrogen (secondary N) is 2. The number of amides is 1. The lowest BCUT2D eigenvalue weighted by atomic mass is 10.2. The maximum Gasteiger partial charge on any atom is 0.321 e. The number of hydrogen-bond acceptors (Lipinski definition) is 5. The molecule has 0 aliphatic heterocycles. The highest BCUT2D eigenvalue weighted by Crippen LogP contribution is 2.23. The number of para-hydroxylation sites is 2. The van der Waals surface area contributed by atoms with Crippen LogP contribution in [0.15, 0.2) is 24.3 Å². The lowest BCUT2D eigenvalue weighted by molar-refractivity contribution is -0.141. The fourth-order valence-electron chi connectivity index (χ4n) is 1.76. The quantitative estimate of drug-likeness (QED) is 0.491. The van der Waals surface area contributed by atoms with Gasteiger partial charge in [-0.25, -0.2) is 0 Å². The van der Waals surface area contributed by atoms with Crippen LogP contribution in [0.2, 0.25) is 0 Å². The Morgan fingerprint density at radius 2 is 2.10 bits per heavy atom. The number of carbonyl (C=O) groups is 2. The molecule has 0 radical (unpaired) electrons. The Morgan fingerprint density at radius 3 is 2.71 bits per heavy atom. The normalized spacial score (nSPS) is 11.7. The molecular formula is C14H21N3O4. The minimum Gasteiger partial charge on any atom is -0.495 e. The Morgan fingerprint density at radius 1 is 1.38 bits per heavy atom. The Labute approximate surface area is 123 Å². The smallest absolute Gasteiger partial charge is 0.321 e. The second kappa shape index (κ2) is 8.93. The predicted molar refractivity (Wildman–Crippen MR) is 79.3 cm³/mol. The first kappa shape index (κ1) is 16.9. The average molecular weight is 295 g/mol. The first-order valence-corrected chi connectivity index (χ1v) is 6.67. The molecule has 116 valence electrons. The van der Waals surface area contributed by atoms with Gasteiger partial charge >= 0.3 is 5.97 Å². The first-order chi connectivity index (χ1) is 10.1. The summed E-state index contributed by atoms with van der Waals surface area (Å²) in [6, 6.07) is 6.00. The minimum atomic E-state index is -1.07. The maximum absolute atomic E-state index is 11.9. The summed E-state index contributed by atoms with van der Waals surface area (Å²) in [6.45, 7) is 0.919. The summed E-state index contributed by atoms with van der Waals surface area (Å²) in [7, 11) is 1.50. The number of nitrogens with two attached hydrogens (primary N) is 1. The van der Waals surface area contributed by atoms with Gasteiger partial charge in [0, 0.05) is 0 Å². The zero-order valence-corrected chi connectivity index (χ0v) is 12.0. The molecule has 0 saturated carbocycles. The van der Waals surface area contributed by atoms with Crippen molar-refractivity contribution in [1.29, 1.82) is 0 Å². The molecule has 1 amide bonds. The van der Waals surface area contributed by atoms with Crippen LogP contribution in [0.1, 0.15) is 12.8 Å². The van der Waals surface area contributed by atoms with E-state index in [1.165, 1.54) is 7.11 Å². The Balaban J connectivity index is 2.59. The number of aliphatic carboxylic acids is 1. The molecule has 5 N–H and O–H groups in total. The highest BCUT2D eigenvalue weighted by molar-refractivity contribution is 5.95. The molecule has 0 spiro atoms. The molecular weight excluding hydrogens is 274 g/mol. The molecule has 7 nitrogen and oxygen atoms in total. The van der Waals surface area contributed by atoms with Gasteiger partial charge in [-0.2, -0.15) is 0 Å². The molecule has 21 heavy (non-hydrogen) atoms. The zero-order valence-electron chi connectivity index (χ0n) is 12.0. The molecule has 0 heterocycles. The number of hydrogen-bond donors (Lipinski definition) is 4. The van der Waals surface area contributed by atoms with E-state index in [1.807, 2.05) is 0 Å². The molecule has 0 aliphatic rings. The average Bonchev–Trinajstić information content (AvgIpc) is 2.46. The lowest BCUT2D eigenvalue weighted by Gasteiger charge is -2.15. The van der Waals surface area contributed by atoms with Crippen molar-refractivity contribution in [3.05, 3.63) is 24.3 Å². The van der Waals surface area contributed by atoms with Gasteiger partial charge in [-0.05, 0) is 31.6 Å². The third kappa shape index (κ3) is 5.80. The van der Waals surface area contributed by atoms with Gasteiger partial charge in [-0.3, -0.25) is 9.59 Å². The minimum absolute atomic E-state index is 0.169. The number of ether oxygens (including phenoxy) is 1. The van der Waals surface area contributed by atoms with E-state index >= 15 is 0 Å². The van der Waals surface area contributed by atoms with Crippen LogP contribution in [0, 0.1) is 0 Å². The van der Waals surface area contributed by atoms with Gasteiger partial charge in [0.1, 0.15) is 11.8 Å². The monoisotopic (exact) mass is 295 g/mol. The zero-order chi connectivity index (χ0) is 15.7. The van der Waals surface area contributed by atoms with Gasteiger partial charge in [-0.15, -0.1) is 0 Å². The molecule has 0 unspecified atom stereocenters. The molecule has 7 heteroatoms. The molecule has 1 aromatic carbocycles. The van der Waals surface area contributed by atoms with Crippen molar-refractivity contribution in [2.75, 3.05) is 25.5 Å². The van der Waals surface area contributed by atoms with E-state index in [0.29, 0.717) is 30.9 Å². The predicted octanol–water partition coefficient (Wildman–Crippen LogP) is 0.415. The third-order valence-electron chi connectivity index (χ3n) is 2.84. The van der Waals surface area contributed by atoms with Crippen LogP contribution in [0.4, 0.5) is 5.69 Å². The number of carbonyl (C=O) groups excluding carboxylic acids is 1. The number of benzene rings is 1. The second-order valence-electron chi connectivity index (χ2n) is 4.44. The molecule has 0 aromatic heterocycles. The van der Waals surface area contributed by atoms with E-state index in [9.17, 15) is 9.59 Å². The molecule has 0 aliphatic carbocycles. The van der Waals surface area contributed by atoms with Crippen molar-refractivity contribution in [2.45, 2.75) is 18.9 Å². The van der Waals surface area contributed by atoms with Crippen molar-refractivity contribution < 1.29 is 19.4 Å². The summed E-state index contributed by atoms with van der Waals surface area (Å²) in [5.74, 6) is -0.942. The summed E-state index contributed by atoms with van der Waals surface area (Å²) in [6.07, 6.45) is 0.482. The number of carboxylic acids is 1. The van der Waals surface area contributed by atoms with Crippen molar-refractivity contribution in [1.82, 2.24) is 5.32 Å². The van der Waals surface area contributed by atoms with Crippen LogP contribution in [0.25, 0.3) is 0 Å². The number of anilines is 1. The first-order valence-electron chi connectivity index (χ1n) is 6.67. The van der Waals surface area contributed by atoms with Crippen molar-refractivity contribution in [3.8, 4) is 5.75 Å². The van der Waals surface area contributed by atoms with Gasteiger partial charge in [0.2, 0.25) is 5.91 Å². The fraction of sp³-hybridized carbons (Fsp3) is 0.429. The summed E-state index contributed by atoms with van der Waals surface area (Å²) >= 11 is 0. The number of carboxylic acid groups (broad SMARTS) is 1. The maximum atomic E-state index is 11.9. The summed E-state index contributed by atoms with van der Waals surface area (Å²) in [4.78, 5) is 23.0. The van der Waals surface area contributed by atoms with Crippen molar-refractivity contribution in [3.63, 3.8) is 0 Å². The fourth-order valence-corrected chi connectivity index (χ4v) is 1.76. The van der Waals surface area contributed by atoms with Crippen LogP contribution in [-0.4, -0.2) is 43.2 Å². The Kier molecular flexibility index (Phi) is 7.20. The highest BCUT2D eigenvalue weighted by Gasteiger charge is 2.20. The van der Waals surface area contributed by atoms with Crippen LogP contribution >= 0.6 is 0 Å². The lowest BCUT2D eigenvalue weighted by Crippen LogP contribution is -2.40. The van der Waals surface area contributed by atoms with Crippen molar-refractivity contribution >= 4 is 17.6 Å². The second-order valence-corrected chi connectivity index (χ2v) is 4.44.